The van der Waals surface area contributed by atoms with Crippen LogP contribution in [0.25, 0.3) is 85.9 Å². The van der Waals surface area contributed by atoms with Crippen LogP contribution in [0.15, 0.2) is 173 Å². The smallest absolute Gasteiger partial charge is 0.145 e. The van der Waals surface area contributed by atoms with Gasteiger partial charge in [-0.1, -0.05) is 97.1 Å². The number of anilines is 3. The summed E-state index contributed by atoms with van der Waals surface area (Å²) in [5, 5.41) is 9.24. The lowest BCUT2D eigenvalue weighted by Gasteiger charge is -2.26. The molecule has 50 heavy (non-hydrogen) atoms. The molecule has 0 saturated heterocycles. The summed E-state index contributed by atoms with van der Waals surface area (Å²) in [6, 6.07) is 58.0. The molecule has 0 N–H and O–H groups in total. The average Bonchev–Trinajstić information content (AvgIpc) is 3.86. The van der Waals surface area contributed by atoms with E-state index in [9.17, 15) is 0 Å². The summed E-state index contributed by atoms with van der Waals surface area (Å²) in [5.74, 6) is 0. The summed E-state index contributed by atoms with van der Waals surface area (Å²) in [6.07, 6.45) is 0. The maximum Gasteiger partial charge on any atom is 0.145 e. The number of nitrogens with zero attached hydrogens (tertiary/aromatic N) is 1. The molecule has 0 aliphatic rings. The highest BCUT2D eigenvalue weighted by Crippen LogP contribution is 2.51. The molecular formula is C46H27NO2S. The highest BCUT2D eigenvalue weighted by Gasteiger charge is 2.26. The maximum absolute atomic E-state index is 7.05. The number of hydrogen-bond donors (Lipinski definition) is 0. The molecule has 0 bridgehead atoms. The normalized spacial score (nSPS) is 12.0. The number of hydrogen-bond acceptors (Lipinski definition) is 4. The molecule has 3 heterocycles. The van der Waals surface area contributed by atoms with Gasteiger partial charge in [0.1, 0.15) is 22.3 Å². The van der Waals surface area contributed by atoms with E-state index in [1.54, 1.807) is 0 Å². The van der Waals surface area contributed by atoms with Crippen LogP contribution in [0.1, 0.15) is 0 Å². The van der Waals surface area contributed by atoms with Gasteiger partial charge >= 0.3 is 0 Å². The van der Waals surface area contributed by atoms with Gasteiger partial charge in [0.2, 0.25) is 0 Å². The molecule has 8 aromatic carbocycles. The minimum Gasteiger partial charge on any atom is -0.455 e. The number of para-hydroxylation sites is 3. The second kappa shape index (κ2) is 10.6. The lowest BCUT2D eigenvalue weighted by Crippen LogP contribution is -2.10. The Kier molecular flexibility index (Phi) is 5.83. The molecule has 0 radical (unpaired) electrons. The molecule has 0 amide bonds. The Balaban J connectivity index is 1.30. The van der Waals surface area contributed by atoms with Crippen LogP contribution < -0.4 is 4.90 Å². The molecule has 11 aromatic rings. The zero-order chi connectivity index (χ0) is 32.8. The van der Waals surface area contributed by atoms with E-state index in [4.69, 9.17) is 8.83 Å². The van der Waals surface area contributed by atoms with Crippen LogP contribution in [-0.2, 0) is 0 Å². The standard InChI is InChI=1S/C46H27NO2S/c1-3-15-30(16-4-1)47(31-17-5-2-6-18-31)38-24-23-33(44-42(38)37-25-28-13-7-8-14-29(28)26-40(37)49-44)35-27-36-32-19-10-12-22-41(32)50-46(36)43-34-20-9-11-21-39(34)48-45(35)43/h1-27H. The minimum absolute atomic E-state index is 0.838. The molecule has 11 rings (SSSR count). The zero-order valence-corrected chi connectivity index (χ0v) is 27.6. The summed E-state index contributed by atoms with van der Waals surface area (Å²) >= 11 is 1.83. The summed E-state index contributed by atoms with van der Waals surface area (Å²) in [7, 11) is 0. The number of rotatable bonds is 4. The second-order valence-electron chi connectivity index (χ2n) is 12.8. The van der Waals surface area contributed by atoms with Gasteiger partial charge in [0.05, 0.1) is 11.1 Å². The lowest BCUT2D eigenvalue weighted by molar-refractivity contribution is 0.665. The van der Waals surface area contributed by atoms with Gasteiger partial charge in [-0.15, -0.1) is 11.3 Å². The first-order valence-corrected chi connectivity index (χ1v) is 17.7. The summed E-state index contributed by atoms with van der Waals surface area (Å²) in [4.78, 5) is 2.34. The fraction of sp³-hybridized carbons (Fsp3) is 0. The van der Waals surface area contributed by atoms with E-state index in [1.165, 1.54) is 25.6 Å². The van der Waals surface area contributed by atoms with Crippen LogP contribution >= 0.6 is 11.3 Å². The van der Waals surface area contributed by atoms with E-state index in [0.717, 1.165) is 77.5 Å². The van der Waals surface area contributed by atoms with Crippen LogP contribution in [0.5, 0.6) is 0 Å². The Hall–Kier alpha value is -6.36. The highest BCUT2D eigenvalue weighted by atomic mass is 32.1. The Morgan fingerprint density at radius 1 is 0.420 bits per heavy atom. The summed E-state index contributed by atoms with van der Waals surface area (Å²) < 4.78 is 16.4. The molecule has 0 aliphatic carbocycles. The number of fused-ring (bicyclic) bond motifs is 11. The first-order chi connectivity index (χ1) is 24.8. The Bertz CT molecular complexity index is 3060. The van der Waals surface area contributed by atoms with E-state index in [2.05, 4.69) is 163 Å². The van der Waals surface area contributed by atoms with E-state index in [-0.39, 0.29) is 0 Å². The Morgan fingerprint density at radius 2 is 1.04 bits per heavy atom. The van der Waals surface area contributed by atoms with Crippen molar-refractivity contribution >= 4 is 103 Å². The van der Waals surface area contributed by atoms with Crippen molar-refractivity contribution in [2.45, 2.75) is 0 Å². The van der Waals surface area contributed by atoms with Gasteiger partial charge in [-0.2, -0.15) is 0 Å². The van der Waals surface area contributed by atoms with Gasteiger partial charge in [0.25, 0.3) is 0 Å². The molecule has 0 aliphatic heterocycles. The van der Waals surface area contributed by atoms with Gasteiger partial charge in [0, 0.05) is 58.8 Å². The first-order valence-electron chi connectivity index (χ1n) is 16.8. The molecule has 0 fully saturated rings. The van der Waals surface area contributed by atoms with Crippen molar-refractivity contribution in [3.05, 3.63) is 164 Å². The van der Waals surface area contributed by atoms with Crippen LogP contribution in [0.2, 0.25) is 0 Å². The van der Waals surface area contributed by atoms with Crippen LogP contribution in [0.4, 0.5) is 17.1 Å². The quantitative estimate of drug-likeness (QED) is 0.189. The fourth-order valence-electron chi connectivity index (χ4n) is 7.79. The Morgan fingerprint density at radius 3 is 1.82 bits per heavy atom. The third kappa shape index (κ3) is 3.97. The van der Waals surface area contributed by atoms with Crippen molar-refractivity contribution in [3.8, 4) is 11.1 Å². The monoisotopic (exact) mass is 657 g/mol. The van der Waals surface area contributed by atoms with Gasteiger partial charge < -0.3 is 13.7 Å². The van der Waals surface area contributed by atoms with E-state index < -0.39 is 0 Å². The SMILES string of the molecule is c1ccc(N(c2ccccc2)c2ccc(-c3cc4c5ccccc5sc4c4c3oc3ccccc34)c3oc4cc5ccccc5cc4c23)cc1. The number of benzene rings is 8. The topological polar surface area (TPSA) is 29.5 Å². The fourth-order valence-corrected chi connectivity index (χ4v) is 9.03. The predicted octanol–water partition coefficient (Wildman–Crippen LogP) is 14.1. The zero-order valence-electron chi connectivity index (χ0n) is 26.8. The van der Waals surface area contributed by atoms with Crippen molar-refractivity contribution < 1.29 is 8.83 Å². The molecule has 3 aromatic heterocycles. The largest absolute Gasteiger partial charge is 0.455 e. The first kappa shape index (κ1) is 27.6. The van der Waals surface area contributed by atoms with Crippen LogP contribution in [-0.4, -0.2) is 0 Å². The Labute approximate surface area is 290 Å². The molecular weight excluding hydrogens is 631 g/mol. The number of thiophene rings is 1. The highest BCUT2D eigenvalue weighted by molar-refractivity contribution is 7.26. The van der Waals surface area contributed by atoms with Crippen molar-refractivity contribution in [1.82, 2.24) is 0 Å². The third-order valence-corrected chi connectivity index (χ3v) is 11.2. The van der Waals surface area contributed by atoms with Gasteiger partial charge in [-0.25, -0.2) is 0 Å². The molecule has 4 heteroatoms. The molecule has 0 atom stereocenters. The minimum atomic E-state index is 0.838. The molecule has 3 nitrogen and oxygen atoms in total. The maximum atomic E-state index is 7.05. The summed E-state index contributed by atoms with van der Waals surface area (Å²) in [6.45, 7) is 0. The molecule has 0 unspecified atom stereocenters. The molecule has 0 spiro atoms. The average molecular weight is 658 g/mol. The van der Waals surface area contributed by atoms with Crippen LogP contribution in [0, 0.1) is 0 Å². The van der Waals surface area contributed by atoms with Crippen molar-refractivity contribution in [3.63, 3.8) is 0 Å². The summed E-state index contributed by atoms with van der Waals surface area (Å²) in [5.41, 5.74) is 8.71. The van der Waals surface area contributed by atoms with Gasteiger partial charge in [0.15, 0.2) is 0 Å². The van der Waals surface area contributed by atoms with Crippen LogP contribution in [0.3, 0.4) is 0 Å². The predicted molar refractivity (Wildman–Crippen MR) is 212 cm³/mol. The van der Waals surface area contributed by atoms with E-state index in [0.29, 0.717) is 0 Å². The number of furan rings is 2. The van der Waals surface area contributed by atoms with Gasteiger partial charge in [-0.05, 0) is 77.5 Å². The van der Waals surface area contributed by atoms with Crippen molar-refractivity contribution in [2.75, 3.05) is 4.90 Å². The molecule has 0 saturated carbocycles. The van der Waals surface area contributed by atoms with Crippen molar-refractivity contribution in [2.24, 2.45) is 0 Å². The lowest BCUT2D eigenvalue weighted by atomic mass is 9.96. The third-order valence-electron chi connectivity index (χ3n) is 10.0. The van der Waals surface area contributed by atoms with E-state index >= 15 is 0 Å². The molecule has 234 valence electrons. The second-order valence-corrected chi connectivity index (χ2v) is 13.9. The van der Waals surface area contributed by atoms with E-state index in [1.807, 2.05) is 17.4 Å². The van der Waals surface area contributed by atoms with Gasteiger partial charge in [-0.3, -0.25) is 0 Å². The van der Waals surface area contributed by atoms with Crippen molar-refractivity contribution in [1.29, 1.82) is 0 Å².